The van der Waals surface area contributed by atoms with Gasteiger partial charge in [-0.2, -0.15) is 10.1 Å². The van der Waals surface area contributed by atoms with Crippen LogP contribution in [-0.2, 0) is 9.84 Å². The van der Waals surface area contributed by atoms with Gasteiger partial charge in [0.25, 0.3) is 0 Å². The number of nitrogens with zero attached hydrogens (tertiary/aromatic N) is 3. The van der Waals surface area contributed by atoms with E-state index in [2.05, 4.69) is 30.8 Å². The van der Waals surface area contributed by atoms with Crippen molar-refractivity contribution < 1.29 is 21.9 Å². The summed E-state index contributed by atoms with van der Waals surface area (Å²) in [7, 11) is -3.42. The van der Waals surface area contributed by atoms with Crippen LogP contribution < -0.4 is 15.4 Å². The van der Waals surface area contributed by atoms with Crippen molar-refractivity contribution in [3.05, 3.63) is 36.0 Å². The Balaban J connectivity index is 1.59. The minimum Gasteiger partial charge on any atom is -0.421 e. The van der Waals surface area contributed by atoms with E-state index in [0.29, 0.717) is 11.5 Å². The summed E-state index contributed by atoms with van der Waals surface area (Å²) in [5.41, 5.74) is 0.270. The molecule has 0 bridgehead atoms. The molecule has 0 saturated carbocycles. The van der Waals surface area contributed by atoms with Crippen LogP contribution in [0.2, 0.25) is 0 Å². The molecule has 0 aliphatic carbocycles. The van der Waals surface area contributed by atoms with Gasteiger partial charge in [-0.25, -0.2) is 22.2 Å². The number of rotatable bonds is 6. The van der Waals surface area contributed by atoms with Crippen LogP contribution in [0.3, 0.4) is 0 Å². The maximum atomic E-state index is 13.7. The van der Waals surface area contributed by atoms with E-state index in [0.717, 1.165) is 31.5 Å². The first kappa shape index (κ1) is 19.5. The van der Waals surface area contributed by atoms with E-state index in [-0.39, 0.29) is 29.3 Å². The number of anilines is 1. The van der Waals surface area contributed by atoms with Gasteiger partial charge in [0.05, 0.1) is 5.39 Å². The predicted octanol–water partition coefficient (Wildman–Crippen LogP) is 1.96. The number of halogens is 2. The lowest BCUT2D eigenvalue weighted by Crippen LogP contribution is -2.45. The van der Waals surface area contributed by atoms with Gasteiger partial charge in [0.1, 0.15) is 11.2 Å². The number of fused-ring (bicyclic) bond motifs is 1. The van der Waals surface area contributed by atoms with Gasteiger partial charge in [-0.05, 0) is 31.5 Å². The quantitative estimate of drug-likeness (QED) is 0.549. The van der Waals surface area contributed by atoms with E-state index in [1.54, 1.807) is 0 Å². The Morgan fingerprint density at radius 1 is 1.34 bits per heavy atom. The first-order chi connectivity index (χ1) is 13.8. The normalized spacial score (nSPS) is 18.1. The van der Waals surface area contributed by atoms with Gasteiger partial charge >= 0.3 is 6.01 Å². The molecule has 2 aromatic heterocycles. The fraction of sp³-hybridized carbons (Fsp3) is 0.353. The summed E-state index contributed by atoms with van der Waals surface area (Å²) >= 11 is 0. The van der Waals surface area contributed by atoms with Crippen LogP contribution in [0.15, 0.2) is 24.4 Å². The van der Waals surface area contributed by atoms with E-state index < -0.39 is 26.8 Å². The zero-order valence-corrected chi connectivity index (χ0v) is 16.1. The van der Waals surface area contributed by atoms with Crippen molar-refractivity contribution in [2.24, 2.45) is 0 Å². The van der Waals surface area contributed by atoms with Crippen LogP contribution in [0.4, 0.5) is 14.6 Å². The van der Waals surface area contributed by atoms with Gasteiger partial charge in [0.15, 0.2) is 32.9 Å². The summed E-state index contributed by atoms with van der Waals surface area (Å²) in [6.45, 7) is 0.753. The zero-order valence-electron chi connectivity index (χ0n) is 15.3. The maximum Gasteiger partial charge on any atom is 0.324 e. The first-order valence-electron chi connectivity index (χ1n) is 8.84. The molecular weight excluding hydrogens is 406 g/mol. The van der Waals surface area contributed by atoms with Crippen molar-refractivity contribution in [1.29, 1.82) is 0 Å². The summed E-state index contributed by atoms with van der Waals surface area (Å²) in [4.78, 5) is 8.11. The smallest absolute Gasteiger partial charge is 0.324 e. The molecule has 1 fully saturated rings. The fourth-order valence-electron chi connectivity index (χ4n) is 3.22. The van der Waals surface area contributed by atoms with Crippen LogP contribution in [0.5, 0.6) is 11.8 Å². The number of hydrogen-bond donors (Lipinski definition) is 3. The molecule has 4 rings (SSSR count). The first-order valence-corrected chi connectivity index (χ1v) is 10.8. The van der Waals surface area contributed by atoms with E-state index in [9.17, 15) is 17.2 Å². The third-order valence-corrected chi connectivity index (χ3v) is 5.96. The number of ether oxygens (including phenoxy) is 1. The van der Waals surface area contributed by atoms with Crippen molar-refractivity contribution in [2.45, 2.75) is 24.3 Å². The van der Waals surface area contributed by atoms with Gasteiger partial charge in [-0.1, -0.05) is 0 Å². The molecule has 12 heteroatoms. The second-order valence-corrected chi connectivity index (χ2v) is 8.93. The van der Waals surface area contributed by atoms with Crippen LogP contribution in [0, 0.1) is 11.6 Å². The molecule has 1 aliphatic rings. The number of nitrogens with one attached hydrogen (secondary N) is 3. The topological polar surface area (TPSA) is 122 Å². The highest BCUT2D eigenvalue weighted by atomic mass is 32.2. The molecule has 0 radical (unpaired) electrons. The van der Waals surface area contributed by atoms with Crippen molar-refractivity contribution >= 4 is 26.7 Å². The number of aromatic nitrogens is 4. The Morgan fingerprint density at radius 3 is 2.86 bits per heavy atom. The Bertz CT molecular complexity index is 1150. The monoisotopic (exact) mass is 424 g/mol. The second kappa shape index (κ2) is 7.52. The molecule has 0 spiro atoms. The summed E-state index contributed by atoms with van der Waals surface area (Å²) < 4.78 is 56.5. The SMILES string of the molecule is CS(=O)(=O)C(Nc1n[nH]c2nc(Oc3ccc(F)cc3F)ncc12)C1CCCN1. The third-order valence-electron chi connectivity index (χ3n) is 4.59. The summed E-state index contributed by atoms with van der Waals surface area (Å²) in [5, 5.41) is 12.5. The zero-order chi connectivity index (χ0) is 20.6. The van der Waals surface area contributed by atoms with E-state index in [1.165, 1.54) is 12.5 Å². The molecular formula is C17H18F2N6O3S. The number of aromatic amines is 1. The Labute approximate surface area is 164 Å². The largest absolute Gasteiger partial charge is 0.421 e. The highest BCUT2D eigenvalue weighted by Crippen LogP contribution is 2.26. The number of H-pyrrole nitrogens is 1. The lowest BCUT2D eigenvalue weighted by Gasteiger charge is -2.23. The number of sulfone groups is 1. The van der Waals surface area contributed by atoms with Gasteiger partial charge in [-0.15, -0.1) is 0 Å². The molecule has 0 amide bonds. The average Bonchev–Trinajstić information content (AvgIpc) is 3.30. The molecule has 29 heavy (non-hydrogen) atoms. The van der Waals surface area contributed by atoms with E-state index >= 15 is 0 Å². The van der Waals surface area contributed by atoms with Crippen molar-refractivity contribution in [3.63, 3.8) is 0 Å². The predicted molar refractivity (Wildman–Crippen MR) is 101 cm³/mol. The lowest BCUT2D eigenvalue weighted by molar-refractivity contribution is 0.409. The maximum absolute atomic E-state index is 13.7. The van der Waals surface area contributed by atoms with Gasteiger partial charge < -0.3 is 15.4 Å². The van der Waals surface area contributed by atoms with Crippen LogP contribution >= 0.6 is 0 Å². The molecule has 1 saturated heterocycles. The Hall–Kier alpha value is -2.86. The van der Waals surface area contributed by atoms with Crippen molar-refractivity contribution in [3.8, 4) is 11.8 Å². The average molecular weight is 424 g/mol. The van der Waals surface area contributed by atoms with Gasteiger partial charge in [-0.3, -0.25) is 5.10 Å². The standard InChI is InChI=1S/C17H18F2N6O3S/c1-29(26,27)16(12-3-2-6-20-12)22-14-10-8-21-17(23-15(10)25-24-14)28-13-5-4-9(18)7-11(13)19/h4-5,7-8,12,16,20H,2-3,6H2,1H3,(H2,21,22,23,24,25). The van der Waals surface area contributed by atoms with Crippen LogP contribution in [0.1, 0.15) is 12.8 Å². The van der Waals surface area contributed by atoms with Crippen LogP contribution in [0.25, 0.3) is 11.0 Å². The summed E-state index contributed by atoms with van der Waals surface area (Å²) in [5.74, 6) is -1.56. The number of hydrogen-bond acceptors (Lipinski definition) is 8. The molecule has 2 unspecified atom stereocenters. The second-order valence-electron chi connectivity index (χ2n) is 6.76. The molecule has 1 aromatic carbocycles. The molecule has 3 N–H and O–H groups in total. The Kier molecular flexibility index (Phi) is 5.04. The molecule has 1 aliphatic heterocycles. The number of benzene rings is 1. The van der Waals surface area contributed by atoms with Gasteiger partial charge in [0, 0.05) is 24.6 Å². The third kappa shape index (κ3) is 4.12. The van der Waals surface area contributed by atoms with E-state index in [4.69, 9.17) is 4.74 Å². The minimum absolute atomic E-state index is 0.171. The molecule has 2 atom stereocenters. The van der Waals surface area contributed by atoms with Crippen molar-refractivity contribution in [1.82, 2.24) is 25.5 Å². The molecule has 3 aromatic rings. The van der Waals surface area contributed by atoms with Gasteiger partial charge in [0.2, 0.25) is 0 Å². The van der Waals surface area contributed by atoms with E-state index in [1.807, 2.05) is 0 Å². The minimum atomic E-state index is -3.42. The fourth-order valence-corrected chi connectivity index (χ4v) is 4.37. The summed E-state index contributed by atoms with van der Waals surface area (Å²) in [6.07, 6.45) is 4.17. The highest BCUT2D eigenvalue weighted by Gasteiger charge is 2.33. The lowest BCUT2D eigenvalue weighted by atomic mass is 10.2. The van der Waals surface area contributed by atoms with Crippen molar-refractivity contribution in [2.75, 3.05) is 18.1 Å². The van der Waals surface area contributed by atoms with Crippen LogP contribution in [-0.4, -0.2) is 52.8 Å². The molecule has 9 nitrogen and oxygen atoms in total. The summed E-state index contributed by atoms with van der Waals surface area (Å²) in [6, 6.07) is 2.47. The molecule has 3 heterocycles. The molecule has 154 valence electrons. The Morgan fingerprint density at radius 2 is 2.17 bits per heavy atom. The highest BCUT2D eigenvalue weighted by molar-refractivity contribution is 7.91.